The van der Waals surface area contributed by atoms with Crippen LogP contribution in [0.15, 0.2) is 46.4 Å². The average Bonchev–Trinajstić information content (AvgIpc) is 2.39. The molecule has 0 saturated carbocycles. The van der Waals surface area contributed by atoms with E-state index in [4.69, 9.17) is 15.7 Å². The molecular weight excluding hydrogens is 300 g/mol. The van der Waals surface area contributed by atoms with Gasteiger partial charge < -0.3 is 15.7 Å². The minimum Gasteiger partial charge on any atom is -0.437 e. The van der Waals surface area contributed by atoms with Crippen molar-refractivity contribution in [1.82, 2.24) is 9.97 Å². The largest absolute Gasteiger partial charge is 0.437 e. The maximum atomic E-state index is 8.51. The van der Waals surface area contributed by atoms with Gasteiger partial charge in [-0.3, -0.25) is 4.98 Å². The van der Waals surface area contributed by atoms with Gasteiger partial charge in [-0.25, -0.2) is 4.98 Å². The van der Waals surface area contributed by atoms with Crippen LogP contribution in [0.1, 0.15) is 5.56 Å². The molecule has 0 fully saturated rings. The van der Waals surface area contributed by atoms with Crippen LogP contribution in [0.4, 0.5) is 0 Å². The second-order valence-electron chi connectivity index (χ2n) is 3.31. The van der Waals surface area contributed by atoms with Crippen molar-refractivity contribution in [2.75, 3.05) is 0 Å². The van der Waals surface area contributed by atoms with Gasteiger partial charge in [0.2, 0.25) is 5.88 Å². The first-order valence-corrected chi connectivity index (χ1v) is 5.70. The Balaban J connectivity index is 2.16. The third-order valence-corrected chi connectivity index (χ3v) is 2.48. The van der Waals surface area contributed by atoms with Crippen LogP contribution < -0.4 is 10.5 Å². The lowest BCUT2D eigenvalue weighted by atomic mass is 10.3. The molecule has 0 radical (unpaired) electrons. The van der Waals surface area contributed by atoms with Crippen LogP contribution in [0.5, 0.6) is 11.6 Å². The van der Waals surface area contributed by atoms with Gasteiger partial charge in [-0.05, 0) is 28.1 Å². The van der Waals surface area contributed by atoms with Crippen molar-refractivity contribution in [3.63, 3.8) is 0 Å². The highest BCUT2D eigenvalue weighted by molar-refractivity contribution is 9.10. The van der Waals surface area contributed by atoms with Gasteiger partial charge in [0, 0.05) is 28.5 Å². The first-order chi connectivity index (χ1) is 8.69. The molecule has 0 aliphatic rings. The van der Waals surface area contributed by atoms with Crippen LogP contribution in [0.2, 0.25) is 0 Å². The lowest BCUT2D eigenvalue weighted by Crippen LogP contribution is -2.13. The monoisotopic (exact) mass is 308 g/mol. The van der Waals surface area contributed by atoms with Crippen LogP contribution in [-0.2, 0) is 0 Å². The molecule has 0 amide bonds. The highest BCUT2D eigenvalue weighted by atomic mass is 79.9. The Morgan fingerprint density at radius 1 is 1.33 bits per heavy atom. The molecule has 0 aromatic carbocycles. The zero-order valence-corrected chi connectivity index (χ0v) is 10.7. The molecule has 3 N–H and O–H groups in total. The molecule has 18 heavy (non-hydrogen) atoms. The number of oxime groups is 1. The third-order valence-electron chi connectivity index (χ3n) is 2.04. The van der Waals surface area contributed by atoms with Crippen molar-refractivity contribution in [3.8, 4) is 11.6 Å². The van der Waals surface area contributed by atoms with E-state index >= 15 is 0 Å². The zero-order valence-electron chi connectivity index (χ0n) is 9.12. The van der Waals surface area contributed by atoms with Crippen molar-refractivity contribution >= 4 is 21.8 Å². The highest BCUT2D eigenvalue weighted by Crippen LogP contribution is 2.21. The summed E-state index contributed by atoms with van der Waals surface area (Å²) in [6.07, 6.45) is 4.68. The Labute approximate surface area is 111 Å². The van der Waals surface area contributed by atoms with E-state index in [1.807, 2.05) is 0 Å². The number of aromatic nitrogens is 2. The van der Waals surface area contributed by atoms with Crippen LogP contribution in [0.3, 0.4) is 0 Å². The Kier molecular flexibility index (Phi) is 3.73. The van der Waals surface area contributed by atoms with Crippen molar-refractivity contribution < 1.29 is 9.94 Å². The summed E-state index contributed by atoms with van der Waals surface area (Å²) in [5.74, 6) is 0.955. The molecule has 0 aliphatic heterocycles. The number of halogens is 1. The van der Waals surface area contributed by atoms with Crippen molar-refractivity contribution in [2.45, 2.75) is 0 Å². The Morgan fingerprint density at radius 3 is 2.78 bits per heavy atom. The summed E-state index contributed by atoms with van der Waals surface area (Å²) in [7, 11) is 0. The van der Waals surface area contributed by atoms with E-state index in [2.05, 4.69) is 31.1 Å². The summed E-state index contributed by atoms with van der Waals surface area (Å²) in [6.45, 7) is 0. The Bertz CT molecular complexity index is 572. The lowest BCUT2D eigenvalue weighted by Gasteiger charge is -2.05. The Hall–Kier alpha value is -2.15. The van der Waals surface area contributed by atoms with Gasteiger partial charge in [0.25, 0.3) is 0 Å². The molecule has 2 aromatic heterocycles. The van der Waals surface area contributed by atoms with Crippen LogP contribution in [-0.4, -0.2) is 21.0 Å². The van der Waals surface area contributed by atoms with Gasteiger partial charge in [0.15, 0.2) is 5.84 Å². The van der Waals surface area contributed by atoms with Gasteiger partial charge in [0.1, 0.15) is 5.75 Å². The maximum absolute atomic E-state index is 8.51. The fourth-order valence-corrected chi connectivity index (χ4v) is 1.56. The molecular formula is C11H9BrN4O2. The van der Waals surface area contributed by atoms with Gasteiger partial charge in [-0.2, -0.15) is 0 Å². The topological polar surface area (TPSA) is 93.6 Å². The highest BCUT2D eigenvalue weighted by Gasteiger charge is 2.03. The fraction of sp³-hybridized carbons (Fsp3) is 0. The number of amidine groups is 1. The number of ether oxygens (including phenoxy) is 1. The van der Waals surface area contributed by atoms with E-state index < -0.39 is 0 Å². The van der Waals surface area contributed by atoms with Crippen LogP contribution in [0.25, 0.3) is 0 Å². The molecule has 6 nitrogen and oxygen atoms in total. The molecule has 0 saturated heterocycles. The first kappa shape index (κ1) is 12.3. The van der Waals surface area contributed by atoms with Gasteiger partial charge in [0.05, 0.1) is 6.20 Å². The summed E-state index contributed by atoms with van der Waals surface area (Å²) < 4.78 is 6.29. The molecule has 0 atom stereocenters. The van der Waals surface area contributed by atoms with Gasteiger partial charge >= 0.3 is 0 Å². The van der Waals surface area contributed by atoms with E-state index in [0.717, 1.165) is 4.47 Å². The maximum Gasteiger partial charge on any atom is 0.219 e. The molecule has 2 rings (SSSR count). The summed E-state index contributed by atoms with van der Waals surface area (Å²) >= 11 is 3.29. The number of nitrogens with two attached hydrogens (primary N) is 1. The van der Waals surface area contributed by atoms with E-state index in [0.29, 0.717) is 17.2 Å². The van der Waals surface area contributed by atoms with Crippen molar-refractivity contribution in [2.24, 2.45) is 10.9 Å². The standard InChI is InChI=1S/C11H9BrN4O2/c12-8-3-9(6-14-5-8)18-10-2-1-7(4-15-10)11(13)16-17/h1-6,17H,(H2,13,16). The molecule has 2 aromatic rings. The van der Waals surface area contributed by atoms with Crippen molar-refractivity contribution in [1.29, 1.82) is 0 Å². The summed E-state index contributed by atoms with van der Waals surface area (Å²) in [6, 6.07) is 5.03. The zero-order chi connectivity index (χ0) is 13.0. The normalized spacial score (nSPS) is 11.3. The first-order valence-electron chi connectivity index (χ1n) is 4.91. The molecule has 92 valence electrons. The predicted octanol–water partition coefficient (Wildman–Crippen LogP) is 2.13. The minimum absolute atomic E-state index is 0.00169. The average molecular weight is 309 g/mol. The van der Waals surface area contributed by atoms with Crippen LogP contribution in [0, 0.1) is 0 Å². The lowest BCUT2D eigenvalue weighted by molar-refractivity contribution is 0.318. The van der Waals surface area contributed by atoms with E-state index in [-0.39, 0.29) is 5.84 Å². The number of hydrogen-bond acceptors (Lipinski definition) is 5. The van der Waals surface area contributed by atoms with Crippen LogP contribution >= 0.6 is 15.9 Å². The third kappa shape index (κ3) is 2.95. The molecule has 0 spiro atoms. The molecule has 7 heteroatoms. The summed E-state index contributed by atoms with van der Waals surface area (Å²) in [4.78, 5) is 8.00. The van der Waals surface area contributed by atoms with E-state index in [1.165, 1.54) is 6.20 Å². The van der Waals surface area contributed by atoms with E-state index in [9.17, 15) is 0 Å². The minimum atomic E-state index is -0.00169. The van der Waals surface area contributed by atoms with Gasteiger partial charge in [-0.1, -0.05) is 5.16 Å². The smallest absolute Gasteiger partial charge is 0.219 e. The van der Waals surface area contributed by atoms with Gasteiger partial charge in [-0.15, -0.1) is 0 Å². The number of rotatable bonds is 3. The number of hydrogen-bond donors (Lipinski definition) is 2. The quantitative estimate of drug-likeness (QED) is 0.392. The fourth-order valence-electron chi connectivity index (χ4n) is 1.22. The van der Waals surface area contributed by atoms with Crippen molar-refractivity contribution in [3.05, 3.63) is 46.8 Å². The molecule has 2 heterocycles. The molecule has 0 unspecified atom stereocenters. The number of nitrogens with zero attached hydrogens (tertiary/aromatic N) is 3. The molecule has 0 bridgehead atoms. The summed E-state index contributed by atoms with van der Waals surface area (Å²) in [5, 5.41) is 11.4. The SMILES string of the molecule is NC(=NO)c1ccc(Oc2cncc(Br)c2)nc1. The summed E-state index contributed by atoms with van der Waals surface area (Å²) in [5.41, 5.74) is 5.93. The van der Waals surface area contributed by atoms with E-state index in [1.54, 1.807) is 30.6 Å². The predicted molar refractivity (Wildman–Crippen MR) is 68.8 cm³/mol. The second kappa shape index (κ2) is 5.46. The second-order valence-corrected chi connectivity index (χ2v) is 4.23. The Morgan fingerprint density at radius 2 is 2.17 bits per heavy atom. The number of pyridine rings is 2. The molecule has 0 aliphatic carbocycles.